The Bertz CT molecular complexity index is 1160. The molecule has 0 atom stereocenters. The van der Waals surface area contributed by atoms with E-state index in [9.17, 15) is 4.79 Å². The second-order valence-corrected chi connectivity index (χ2v) is 8.16. The van der Waals surface area contributed by atoms with Gasteiger partial charge in [0.25, 0.3) is 5.56 Å². The van der Waals surface area contributed by atoms with Crippen molar-refractivity contribution in [1.82, 2.24) is 24.4 Å². The van der Waals surface area contributed by atoms with Crippen LogP contribution in [0.4, 0.5) is 17.5 Å². The number of nitrogens with one attached hydrogen (secondary N) is 2. The van der Waals surface area contributed by atoms with Crippen LogP contribution in [0.3, 0.4) is 0 Å². The van der Waals surface area contributed by atoms with Gasteiger partial charge in [0.2, 0.25) is 5.95 Å². The molecule has 162 valence electrons. The van der Waals surface area contributed by atoms with Crippen molar-refractivity contribution in [2.45, 2.75) is 32.9 Å². The van der Waals surface area contributed by atoms with Gasteiger partial charge < -0.3 is 20.1 Å². The number of nitrogens with zero attached hydrogens (tertiary/aromatic N) is 5. The van der Waals surface area contributed by atoms with Gasteiger partial charge in [-0.3, -0.25) is 9.78 Å². The van der Waals surface area contributed by atoms with Crippen molar-refractivity contribution in [2.24, 2.45) is 7.05 Å². The number of anilines is 3. The van der Waals surface area contributed by atoms with Crippen molar-refractivity contribution in [2.75, 3.05) is 24.2 Å². The highest BCUT2D eigenvalue weighted by Gasteiger charge is 2.18. The highest BCUT2D eigenvalue weighted by Crippen LogP contribution is 2.27. The summed E-state index contributed by atoms with van der Waals surface area (Å²) in [6.07, 6.45) is 5.04. The minimum absolute atomic E-state index is 0.0591. The monoisotopic (exact) mass is 439 g/mol. The molecule has 3 aromatic rings. The number of aryl methyl sites for hydroxylation is 2. The van der Waals surface area contributed by atoms with Crippen LogP contribution >= 0.6 is 11.6 Å². The number of hydrogen-bond donors (Lipinski definition) is 2. The van der Waals surface area contributed by atoms with E-state index in [-0.39, 0.29) is 5.56 Å². The van der Waals surface area contributed by atoms with Crippen molar-refractivity contribution >= 4 is 29.1 Å². The van der Waals surface area contributed by atoms with E-state index in [1.54, 1.807) is 30.1 Å². The van der Waals surface area contributed by atoms with Crippen molar-refractivity contribution in [1.29, 1.82) is 0 Å². The minimum atomic E-state index is -0.0591. The molecule has 4 rings (SSSR count). The molecule has 0 spiro atoms. The molecular weight excluding hydrogens is 414 g/mol. The fourth-order valence-electron chi connectivity index (χ4n) is 3.67. The number of halogens is 1. The lowest BCUT2D eigenvalue weighted by Gasteiger charge is -2.25. The number of rotatable bonds is 6. The zero-order chi connectivity index (χ0) is 22.0. The molecule has 0 bridgehead atoms. The van der Waals surface area contributed by atoms with Gasteiger partial charge in [-0.15, -0.1) is 0 Å². The zero-order valence-electron chi connectivity index (χ0n) is 17.9. The highest BCUT2D eigenvalue weighted by atomic mass is 35.5. The fraction of sp³-hybridized carbons (Fsp3) is 0.364. The normalized spacial score (nSPS) is 13.7. The molecule has 1 aliphatic rings. The van der Waals surface area contributed by atoms with Gasteiger partial charge in [0.15, 0.2) is 5.82 Å². The molecule has 0 aliphatic carbocycles. The van der Waals surface area contributed by atoms with E-state index >= 15 is 0 Å². The van der Waals surface area contributed by atoms with Gasteiger partial charge in [-0.2, -0.15) is 4.98 Å². The molecule has 2 N–H and O–H groups in total. The summed E-state index contributed by atoms with van der Waals surface area (Å²) in [4.78, 5) is 28.2. The molecule has 3 aromatic heterocycles. The fourth-order valence-corrected chi connectivity index (χ4v) is 3.83. The standard InChI is InChI=1S/C22H26ClN7O/c1-4-17-19(10-15-13-29(2)9-7-18(15)26-17)27-22-25-12-16(23)20(28-22)24-11-14-6-5-8-30(3)21(14)31/h5-6,8,10,12H,4,7,9,11,13H2,1-3H3,(H2,24,25,27,28). The number of likely N-dealkylation sites (N-methyl/N-ethyl adjacent to an activating group) is 1. The maximum absolute atomic E-state index is 12.2. The van der Waals surface area contributed by atoms with Gasteiger partial charge in [-0.05, 0) is 31.2 Å². The van der Waals surface area contributed by atoms with E-state index in [4.69, 9.17) is 16.6 Å². The summed E-state index contributed by atoms with van der Waals surface area (Å²) in [7, 11) is 3.84. The number of hydrogen-bond acceptors (Lipinski definition) is 7. The van der Waals surface area contributed by atoms with Crippen LogP contribution in [0.15, 0.2) is 35.4 Å². The van der Waals surface area contributed by atoms with Crippen LogP contribution in [-0.2, 0) is 33.0 Å². The van der Waals surface area contributed by atoms with Gasteiger partial charge in [0.1, 0.15) is 5.02 Å². The lowest BCUT2D eigenvalue weighted by atomic mass is 10.0. The Kier molecular flexibility index (Phi) is 6.20. The Hall–Kier alpha value is -2.97. The van der Waals surface area contributed by atoms with Crippen LogP contribution in [0.25, 0.3) is 0 Å². The number of pyridine rings is 2. The Morgan fingerprint density at radius 3 is 2.90 bits per heavy atom. The first-order chi connectivity index (χ1) is 14.9. The predicted octanol–water partition coefficient (Wildman–Crippen LogP) is 3.13. The summed E-state index contributed by atoms with van der Waals surface area (Å²) in [5, 5.41) is 6.84. The largest absolute Gasteiger partial charge is 0.364 e. The molecule has 1 aliphatic heterocycles. The van der Waals surface area contributed by atoms with Crippen molar-refractivity contribution < 1.29 is 0 Å². The van der Waals surface area contributed by atoms with E-state index in [1.807, 2.05) is 6.07 Å². The first-order valence-corrected chi connectivity index (χ1v) is 10.7. The van der Waals surface area contributed by atoms with Crippen LogP contribution < -0.4 is 16.2 Å². The van der Waals surface area contributed by atoms with E-state index in [2.05, 4.69) is 45.5 Å². The predicted molar refractivity (Wildman–Crippen MR) is 123 cm³/mol. The first kappa shape index (κ1) is 21.3. The number of fused-ring (bicyclic) bond motifs is 1. The topological polar surface area (TPSA) is 88.0 Å². The Balaban J connectivity index is 1.57. The summed E-state index contributed by atoms with van der Waals surface area (Å²) in [5.41, 5.74) is 4.86. The van der Waals surface area contributed by atoms with Crippen LogP contribution in [0, 0.1) is 0 Å². The third-order valence-corrected chi connectivity index (χ3v) is 5.69. The molecule has 0 aromatic carbocycles. The molecule has 0 unspecified atom stereocenters. The SMILES string of the molecule is CCc1nc2c(cc1Nc1ncc(Cl)c(NCc3cccn(C)c3=O)n1)CN(C)CC2. The smallest absolute Gasteiger partial charge is 0.255 e. The van der Waals surface area contributed by atoms with Gasteiger partial charge in [-0.25, -0.2) is 4.98 Å². The average Bonchev–Trinajstić information content (AvgIpc) is 2.76. The molecule has 0 saturated carbocycles. The number of aromatic nitrogens is 4. The molecular formula is C22H26ClN7O. The van der Waals surface area contributed by atoms with Crippen molar-refractivity contribution in [3.8, 4) is 0 Å². The van der Waals surface area contributed by atoms with Crippen LogP contribution in [0.2, 0.25) is 5.02 Å². The molecule has 4 heterocycles. The molecule has 8 nitrogen and oxygen atoms in total. The molecule has 0 amide bonds. The van der Waals surface area contributed by atoms with E-state index in [0.717, 1.165) is 37.3 Å². The summed E-state index contributed by atoms with van der Waals surface area (Å²) in [5.74, 6) is 0.891. The maximum Gasteiger partial charge on any atom is 0.255 e. The molecule has 0 radical (unpaired) electrons. The van der Waals surface area contributed by atoms with Gasteiger partial charge in [0.05, 0.1) is 17.6 Å². The van der Waals surface area contributed by atoms with E-state index < -0.39 is 0 Å². The zero-order valence-corrected chi connectivity index (χ0v) is 18.7. The highest BCUT2D eigenvalue weighted by molar-refractivity contribution is 6.32. The minimum Gasteiger partial charge on any atom is -0.364 e. The first-order valence-electron chi connectivity index (χ1n) is 10.3. The Morgan fingerprint density at radius 1 is 1.26 bits per heavy atom. The van der Waals surface area contributed by atoms with Crippen molar-refractivity contribution in [3.05, 3.63) is 68.5 Å². The summed E-state index contributed by atoms with van der Waals surface area (Å²) >= 11 is 6.29. The Labute approximate surface area is 186 Å². The summed E-state index contributed by atoms with van der Waals surface area (Å²) in [6.45, 7) is 4.30. The molecule has 0 fully saturated rings. The molecule has 31 heavy (non-hydrogen) atoms. The second-order valence-electron chi connectivity index (χ2n) is 7.75. The van der Waals surface area contributed by atoms with Crippen LogP contribution in [-0.4, -0.2) is 38.0 Å². The van der Waals surface area contributed by atoms with Gasteiger partial charge in [0, 0.05) is 50.6 Å². The quantitative estimate of drug-likeness (QED) is 0.610. The second kappa shape index (κ2) is 9.03. The lowest BCUT2D eigenvalue weighted by molar-refractivity contribution is 0.310. The van der Waals surface area contributed by atoms with Gasteiger partial charge in [-0.1, -0.05) is 24.6 Å². The van der Waals surface area contributed by atoms with Crippen LogP contribution in [0.5, 0.6) is 0 Å². The third-order valence-electron chi connectivity index (χ3n) is 5.41. The summed E-state index contributed by atoms with van der Waals surface area (Å²) in [6, 6.07) is 5.77. The maximum atomic E-state index is 12.2. The third kappa shape index (κ3) is 4.70. The lowest BCUT2D eigenvalue weighted by Crippen LogP contribution is -2.27. The Morgan fingerprint density at radius 2 is 2.10 bits per heavy atom. The van der Waals surface area contributed by atoms with Crippen molar-refractivity contribution in [3.63, 3.8) is 0 Å². The summed E-state index contributed by atoms with van der Waals surface area (Å²) < 4.78 is 1.54. The van der Waals surface area contributed by atoms with E-state index in [0.29, 0.717) is 28.9 Å². The van der Waals surface area contributed by atoms with Gasteiger partial charge >= 0.3 is 0 Å². The van der Waals surface area contributed by atoms with E-state index in [1.165, 1.54) is 11.3 Å². The average molecular weight is 440 g/mol. The molecule has 9 heteroatoms. The van der Waals surface area contributed by atoms with Crippen LogP contribution in [0.1, 0.15) is 29.4 Å². The molecule has 0 saturated heterocycles.